The molecule has 0 saturated carbocycles. The van der Waals surface area contributed by atoms with Crippen molar-refractivity contribution in [2.45, 2.75) is 20.8 Å². The van der Waals surface area contributed by atoms with Crippen LogP contribution in [-0.4, -0.2) is 35.9 Å². The van der Waals surface area contributed by atoms with Gasteiger partial charge in [0.2, 0.25) is 5.91 Å². The maximum absolute atomic E-state index is 12.1. The first-order valence-corrected chi connectivity index (χ1v) is 8.28. The molecule has 4 nitrogen and oxygen atoms in total. The van der Waals surface area contributed by atoms with E-state index in [4.69, 9.17) is 0 Å². The number of nitrogens with one attached hydrogen (secondary N) is 1. The maximum Gasteiger partial charge on any atom is 0.240 e. The van der Waals surface area contributed by atoms with Gasteiger partial charge in [-0.25, -0.2) is 4.98 Å². The second kappa shape index (κ2) is 7.51. The van der Waals surface area contributed by atoms with E-state index >= 15 is 0 Å². The molecule has 1 aromatic heterocycles. The number of rotatable bonds is 6. The van der Waals surface area contributed by atoms with Crippen LogP contribution in [0.2, 0.25) is 0 Å². The maximum atomic E-state index is 12.1. The molecule has 0 saturated heterocycles. The summed E-state index contributed by atoms with van der Waals surface area (Å²) in [4.78, 5) is 19.7. The van der Waals surface area contributed by atoms with Crippen LogP contribution in [0.5, 0.6) is 0 Å². The van der Waals surface area contributed by atoms with Crippen molar-refractivity contribution in [3.63, 3.8) is 0 Å². The molecule has 118 valence electrons. The molecule has 0 aliphatic heterocycles. The zero-order valence-corrected chi connectivity index (χ0v) is 14.4. The third-order valence-electron chi connectivity index (χ3n) is 3.17. The normalized spacial score (nSPS) is 11.2. The topological polar surface area (TPSA) is 45.2 Å². The van der Waals surface area contributed by atoms with E-state index in [1.54, 1.807) is 0 Å². The lowest BCUT2D eigenvalue weighted by Gasteiger charge is -2.17. The number of likely N-dealkylation sites (N-methyl/N-ethyl adjacent to an activating group) is 1. The van der Waals surface area contributed by atoms with Crippen molar-refractivity contribution < 1.29 is 4.79 Å². The van der Waals surface area contributed by atoms with Crippen molar-refractivity contribution in [3.05, 3.63) is 36.0 Å². The molecule has 1 amide bonds. The molecular weight excluding hydrogens is 294 g/mol. The van der Waals surface area contributed by atoms with Gasteiger partial charge >= 0.3 is 0 Å². The molecule has 0 aliphatic carbocycles. The molecule has 1 N–H and O–H groups in total. The highest BCUT2D eigenvalue weighted by atomic mass is 32.1. The number of carbonyl (C=O) groups excluding carboxylic acids is 1. The van der Waals surface area contributed by atoms with Crippen LogP contribution in [-0.2, 0) is 4.79 Å². The van der Waals surface area contributed by atoms with Gasteiger partial charge in [0.25, 0.3) is 0 Å². The predicted octanol–water partition coefficient (Wildman–Crippen LogP) is 3.64. The highest BCUT2D eigenvalue weighted by molar-refractivity contribution is 7.19. The van der Waals surface area contributed by atoms with Crippen molar-refractivity contribution in [1.82, 2.24) is 9.88 Å². The van der Waals surface area contributed by atoms with Crippen LogP contribution in [0.15, 0.2) is 30.3 Å². The van der Waals surface area contributed by atoms with E-state index in [-0.39, 0.29) is 5.91 Å². The Bertz CT molecular complexity index is 622. The third-order valence-corrected chi connectivity index (χ3v) is 4.29. The van der Waals surface area contributed by atoms with Gasteiger partial charge in [-0.15, -0.1) is 0 Å². The molecule has 22 heavy (non-hydrogen) atoms. The molecule has 2 rings (SSSR count). The van der Waals surface area contributed by atoms with Crippen molar-refractivity contribution >= 4 is 22.4 Å². The van der Waals surface area contributed by atoms with Crippen LogP contribution < -0.4 is 5.32 Å². The fourth-order valence-electron chi connectivity index (χ4n) is 2.40. The van der Waals surface area contributed by atoms with Crippen LogP contribution in [0.25, 0.3) is 10.4 Å². The average Bonchev–Trinajstić information content (AvgIpc) is 2.79. The van der Waals surface area contributed by atoms with E-state index in [0.717, 1.165) is 22.7 Å². The Balaban J connectivity index is 2.01. The Morgan fingerprint density at radius 3 is 2.64 bits per heavy atom. The van der Waals surface area contributed by atoms with Gasteiger partial charge in [0.15, 0.2) is 5.13 Å². The van der Waals surface area contributed by atoms with E-state index in [9.17, 15) is 4.79 Å². The first-order valence-electron chi connectivity index (χ1n) is 7.47. The summed E-state index contributed by atoms with van der Waals surface area (Å²) in [5.41, 5.74) is 2.08. The molecule has 5 heteroatoms. The van der Waals surface area contributed by atoms with Crippen molar-refractivity contribution in [1.29, 1.82) is 0 Å². The van der Waals surface area contributed by atoms with Crippen LogP contribution in [0.1, 0.15) is 19.5 Å². The van der Waals surface area contributed by atoms with Crippen LogP contribution in [0.3, 0.4) is 0 Å². The van der Waals surface area contributed by atoms with Crippen LogP contribution in [0, 0.1) is 12.8 Å². The number of benzene rings is 1. The molecule has 0 spiro atoms. The Morgan fingerprint density at radius 2 is 2.00 bits per heavy atom. The van der Waals surface area contributed by atoms with Gasteiger partial charge < -0.3 is 5.32 Å². The summed E-state index contributed by atoms with van der Waals surface area (Å²) >= 11 is 1.52. The number of thiazole rings is 1. The SMILES string of the molecule is Cc1nc(NC(=O)CN(C)CC(C)C)sc1-c1ccccc1. The summed E-state index contributed by atoms with van der Waals surface area (Å²) in [6.07, 6.45) is 0. The van der Waals surface area contributed by atoms with Gasteiger partial charge in [0, 0.05) is 6.54 Å². The number of carbonyl (C=O) groups is 1. The highest BCUT2D eigenvalue weighted by Crippen LogP contribution is 2.32. The minimum Gasteiger partial charge on any atom is -0.301 e. The fraction of sp³-hybridized carbons (Fsp3) is 0.412. The van der Waals surface area contributed by atoms with Gasteiger partial charge in [-0.05, 0) is 25.5 Å². The molecule has 0 bridgehead atoms. The van der Waals surface area contributed by atoms with E-state index in [1.165, 1.54) is 11.3 Å². The first kappa shape index (κ1) is 16.6. The Morgan fingerprint density at radius 1 is 1.32 bits per heavy atom. The summed E-state index contributed by atoms with van der Waals surface area (Å²) in [6, 6.07) is 10.1. The molecule has 0 radical (unpaired) electrons. The molecule has 0 fully saturated rings. The van der Waals surface area contributed by atoms with E-state index in [1.807, 2.05) is 37.1 Å². The zero-order chi connectivity index (χ0) is 16.1. The number of aromatic nitrogens is 1. The standard InChI is InChI=1S/C17H23N3OS/c1-12(2)10-20(4)11-15(21)19-17-18-13(3)16(22-17)14-8-6-5-7-9-14/h5-9,12H,10-11H2,1-4H3,(H,18,19,21). The van der Waals surface area contributed by atoms with Gasteiger partial charge in [-0.1, -0.05) is 55.5 Å². The average molecular weight is 317 g/mol. The quantitative estimate of drug-likeness (QED) is 0.884. The summed E-state index contributed by atoms with van der Waals surface area (Å²) < 4.78 is 0. The molecule has 0 atom stereocenters. The van der Waals surface area contributed by atoms with Gasteiger partial charge in [0.05, 0.1) is 17.1 Å². The first-order chi connectivity index (χ1) is 10.5. The van der Waals surface area contributed by atoms with Crippen molar-refractivity contribution in [2.24, 2.45) is 5.92 Å². The molecule has 0 unspecified atom stereocenters. The lowest BCUT2D eigenvalue weighted by molar-refractivity contribution is -0.117. The summed E-state index contributed by atoms with van der Waals surface area (Å²) in [5, 5.41) is 3.57. The summed E-state index contributed by atoms with van der Waals surface area (Å²) in [6.45, 7) is 7.55. The van der Waals surface area contributed by atoms with Gasteiger partial charge in [-0.2, -0.15) is 0 Å². The van der Waals surface area contributed by atoms with Crippen LogP contribution >= 0.6 is 11.3 Å². The second-order valence-corrected chi connectivity index (χ2v) is 6.94. The van der Waals surface area contributed by atoms with E-state index < -0.39 is 0 Å². The smallest absolute Gasteiger partial charge is 0.240 e. The number of amides is 1. The number of hydrogen-bond acceptors (Lipinski definition) is 4. The Kier molecular flexibility index (Phi) is 5.69. The monoisotopic (exact) mass is 317 g/mol. The number of anilines is 1. The third kappa shape index (κ3) is 4.64. The molecule has 1 heterocycles. The Labute approximate surface area is 136 Å². The zero-order valence-electron chi connectivity index (χ0n) is 13.6. The molecule has 2 aromatic rings. The molecule has 0 aliphatic rings. The fourth-order valence-corrected chi connectivity index (χ4v) is 3.39. The van der Waals surface area contributed by atoms with Crippen molar-refractivity contribution in [3.8, 4) is 10.4 Å². The molecular formula is C17H23N3OS. The minimum absolute atomic E-state index is 0.0171. The second-order valence-electron chi connectivity index (χ2n) is 5.94. The number of hydrogen-bond donors (Lipinski definition) is 1. The van der Waals surface area contributed by atoms with Crippen LogP contribution in [0.4, 0.5) is 5.13 Å². The van der Waals surface area contributed by atoms with Gasteiger partial charge in [-0.3, -0.25) is 9.69 Å². The highest BCUT2D eigenvalue weighted by Gasteiger charge is 2.13. The largest absolute Gasteiger partial charge is 0.301 e. The predicted molar refractivity (Wildman–Crippen MR) is 93.3 cm³/mol. The lowest BCUT2D eigenvalue weighted by Crippen LogP contribution is -2.32. The van der Waals surface area contributed by atoms with Gasteiger partial charge in [0.1, 0.15) is 0 Å². The number of nitrogens with zero attached hydrogens (tertiary/aromatic N) is 2. The molecule has 1 aromatic carbocycles. The van der Waals surface area contributed by atoms with Crippen molar-refractivity contribution in [2.75, 3.05) is 25.5 Å². The lowest BCUT2D eigenvalue weighted by atomic mass is 10.2. The minimum atomic E-state index is -0.0171. The Hall–Kier alpha value is -1.72. The summed E-state index contributed by atoms with van der Waals surface area (Å²) in [7, 11) is 1.96. The summed E-state index contributed by atoms with van der Waals surface area (Å²) in [5.74, 6) is 0.529. The van der Waals surface area contributed by atoms with E-state index in [0.29, 0.717) is 17.6 Å². The van der Waals surface area contributed by atoms with E-state index in [2.05, 4.69) is 36.3 Å². The number of aryl methyl sites for hydroxylation is 1.